The normalized spacial score (nSPS) is 16.3. The molecule has 0 radical (unpaired) electrons. The van der Waals surface area contributed by atoms with Gasteiger partial charge >= 0.3 is 0 Å². The van der Waals surface area contributed by atoms with Gasteiger partial charge in [0.15, 0.2) is 0 Å². The summed E-state index contributed by atoms with van der Waals surface area (Å²) in [6, 6.07) is 17.7. The molecular weight excluding hydrogens is 414 g/mol. The van der Waals surface area contributed by atoms with Crippen LogP contribution in [0.1, 0.15) is 24.5 Å². The fourth-order valence-corrected chi connectivity index (χ4v) is 4.25. The highest BCUT2D eigenvalue weighted by Gasteiger charge is 2.27. The van der Waals surface area contributed by atoms with Crippen molar-refractivity contribution in [2.24, 2.45) is 0 Å². The van der Waals surface area contributed by atoms with E-state index in [0.717, 1.165) is 54.2 Å². The van der Waals surface area contributed by atoms with Crippen LogP contribution in [0.3, 0.4) is 0 Å². The maximum Gasteiger partial charge on any atom is 0.238 e. The van der Waals surface area contributed by atoms with E-state index < -0.39 is 0 Å². The number of rotatable bonds is 7. The average Bonchev–Trinajstić information content (AvgIpc) is 2.84. The summed E-state index contributed by atoms with van der Waals surface area (Å²) in [6.07, 6.45) is 4.00. The molecule has 0 spiro atoms. The monoisotopic (exact) mass is 445 g/mol. The maximum absolute atomic E-state index is 12.7. The first-order chi connectivity index (χ1) is 16.0. The second-order valence-electron chi connectivity index (χ2n) is 8.58. The van der Waals surface area contributed by atoms with E-state index in [1.54, 1.807) is 7.11 Å². The van der Waals surface area contributed by atoms with Gasteiger partial charge in [-0.25, -0.2) is 9.97 Å². The number of methoxy groups -OCH3 is 1. The Morgan fingerprint density at radius 3 is 2.61 bits per heavy atom. The van der Waals surface area contributed by atoms with Crippen LogP contribution in [-0.2, 0) is 4.79 Å². The number of amides is 1. The second-order valence-corrected chi connectivity index (χ2v) is 8.58. The Kier molecular flexibility index (Phi) is 7.19. The van der Waals surface area contributed by atoms with Gasteiger partial charge in [0, 0.05) is 44.0 Å². The lowest BCUT2D eigenvalue weighted by molar-refractivity contribution is -0.117. The number of benzene rings is 2. The predicted molar refractivity (Wildman–Crippen MR) is 132 cm³/mol. The van der Waals surface area contributed by atoms with Gasteiger partial charge in [0.05, 0.1) is 19.3 Å². The summed E-state index contributed by atoms with van der Waals surface area (Å²) in [5, 5.41) is 2.99. The van der Waals surface area contributed by atoms with Crippen LogP contribution in [0.15, 0.2) is 60.8 Å². The molecule has 7 heteroatoms. The van der Waals surface area contributed by atoms with E-state index in [4.69, 9.17) is 9.72 Å². The van der Waals surface area contributed by atoms with Crippen molar-refractivity contribution in [1.82, 2.24) is 14.9 Å². The number of nitrogens with zero attached hydrogens (tertiary/aromatic N) is 4. The highest BCUT2D eigenvalue weighted by atomic mass is 16.5. The minimum absolute atomic E-state index is 0.0132. The standard InChI is InChI=1S/C26H31N5O2/c1-30(2)26-27-16-23(19-8-5-4-6-9-19)25(29-26)20-10-7-15-31(17-20)18-24(32)28-21-11-13-22(33-3)14-12-21/h4-6,8-9,11-14,16,20H,7,10,15,17-18H2,1-3H3,(H,28,32)/t20-/m0/s1. The highest BCUT2D eigenvalue weighted by Crippen LogP contribution is 2.33. The quantitative estimate of drug-likeness (QED) is 0.592. The van der Waals surface area contributed by atoms with Crippen LogP contribution in [-0.4, -0.2) is 61.6 Å². The van der Waals surface area contributed by atoms with E-state index in [9.17, 15) is 4.79 Å². The third kappa shape index (κ3) is 5.68. The summed E-state index contributed by atoms with van der Waals surface area (Å²) in [4.78, 5) is 26.4. The van der Waals surface area contributed by atoms with E-state index in [-0.39, 0.29) is 11.8 Å². The number of carbonyl (C=O) groups excluding carboxylic acids is 1. The van der Waals surface area contributed by atoms with Crippen molar-refractivity contribution in [1.29, 1.82) is 0 Å². The SMILES string of the molecule is COc1ccc(NC(=O)CN2CCC[C@H](c3nc(N(C)C)ncc3-c3ccccc3)C2)cc1. The fourth-order valence-electron chi connectivity index (χ4n) is 4.25. The average molecular weight is 446 g/mol. The Balaban J connectivity index is 1.49. The van der Waals surface area contributed by atoms with Gasteiger partial charge in [-0.2, -0.15) is 0 Å². The molecule has 3 aromatic rings. The molecule has 7 nitrogen and oxygen atoms in total. The van der Waals surface area contributed by atoms with Crippen LogP contribution in [0.2, 0.25) is 0 Å². The Morgan fingerprint density at radius 1 is 1.15 bits per heavy atom. The second kappa shape index (κ2) is 10.4. The molecule has 0 saturated carbocycles. The molecule has 0 unspecified atom stereocenters. The summed E-state index contributed by atoms with van der Waals surface area (Å²) < 4.78 is 5.18. The van der Waals surface area contributed by atoms with Gasteiger partial charge in [0.1, 0.15) is 5.75 Å². The van der Waals surface area contributed by atoms with Crippen molar-refractivity contribution in [3.05, 3.63) is 66.5 Å². The summed E-state index contributed by atoms with van der Waals surface area (Å²) in [5.74, 6) is 1.70. The molecule has 1 aliphatic rings. The third-order valence-electron chi connectivity index (χ3n) is 5.92. The minimum atomic E-state index is -0.0132. The summed E-state index contributed by atoms with van der Waals surface area (Å²) >= 11 is 0. The largest absolute Gasteiger partial charge is 0.497 e. The fraction of sp³-hybridized carbons (Fsp3) is 0.346. The van der Waals surface area contributed by atoms with Gasteiger partial charge in [-0.05, 0) is 49.2 Å². The minimum Gasteiger partial charge on any atom is -0.497 e. The third-order valence-corrected chi connectivity index (χ3v) is 5.92. The number of nitrogens with one attached hydrogen (secondary N) is 1. The number of aromatic nitrogens is 2. The van der Waals surface area contributed by atoms with Crippen LogP contribution < -0.4 is 15.0 Å². The smallest absolute Gasteiger partial charge is 0.238 e. The lowest BCUT2D eigenvalue weighted by atomic mass is 9.90. The van der Waals surface area contributed by atoms with Crippen molar-refractivity contribution in [2.45, 2.75) is 18.8 Å². The summed E-state index contributed by atoms with van der Waals surface area (Å²) in [7, 11) is 5.54. The van der Waals surface area contributed by atoms with Gasteiger partial charge in [-0.1, -0.05) is 30.3 Å². The maximum atomic E-state index is 12.7. The lowest BCUT2D eigenvalue weighted by Gasteiger charge is -2.33. The summed E-state index contributed by atoms with van der Waals surface area (Å²) in [5.41, 5.74) is 4.01. The molecule has 0 bridgehead atoms. The zero-order chi connectivity index (χ0) is 23.2. The molecule has 4 rings (SSSR count). The number of carbonyl (C=O) groups is 1. The van der Waals surface area contributed by atoms with Crippen molar-refractivity contribution in [3.63, 3.8) is 0 Å². The van der Waals surface area contributed by atoms with E-state index in [2.05, 4.69) is 27.3 Å². The van der Waals surface area contributed by atoms with Crippen LogP contribution in [0, 0.1) is 0 Å². The number of hydrogen-bond acceptors (Lipinski definition) is 6. The van der Waals surface area contributed by atoms with Gasteiger partial charge < -0.3 is 15.0 Å². The van der Waals surface area contributed by atoms with E-state index in [1.807, 2.05) is 67.7 Å². The van der Waals surface area contributed by atoms with Gasteiger partial charge in [-0.15, -0.1) is 0 Å². The van der Waals surface area contributed by atoms with Crippen molar-refractivity contribution in [3.8, 4) is 16.9 Å². The number of anilines is 2. The van der Waals surface area contributed by atoms with Gasteiger partial charge in [-0.3, -0.25) is 9.69 Å². The van der Waals surface area contributed by atoms with Gasteiger partial charge in [0.25, 0.3) is 0 Å². The molecule has 172 valence electrons. The highest BCUT2D eigenvalue weighted by molar-refractivity contribution is 5.92. The van der Waals surface area contributed by atoms with E-state index >= 15 is 0 Å². The first-order valence-electron chi connectivity index (χ1n) is 11.3. The van der Waals surface area contributed by atoms with Crippen molar-refractivity contribution >= 4 is 17.5 Å². The molecule has 1 aromatic heterocycles. The molecule has 1 atom stereocenters. The number of ether oxygens (including phenoxy) is 1. The Hall–Kier alpha value is -3.45. The number of hydrogen-bond donors (Lipinski definition) is 1. The molecule has 1 N–H and O–H groups in total. The lowest BCUT2D eigenvalue weighted by Crippen LogP contribution is -2.40. The summed E-state index contributed by atoms with van der Waals surface area (Å²) in [6.45, 7) is 2.05. The van der Waals surface area contributed by atoms with Crippen molar-refractivity contribution < 1.29 is 9.53 Å². The molecule has 2 heterocycles. The Bertz CT molecular complexity index is 1070. The Labute approximate surface area is 195 Å². The zero-order valence-corrected chi connectivity index (χ0v) is 19.5. The number of likely N-dealkylation sites (tertiary alicyclic amines) is 1. The Morgan fingerprint density at radius 2 is 1.91 bits per heavy atom. The molecule has 2 aromatic carbocycles. The van der Waals surface area contributed by atoms with Crippen LogP contribution in [0.4, 0.5) is 11.6 Å². The predicted octanol–water partition coefficient (Wildman–Crippen LogP) is 4.04. The molecular formula is C26H31N5O2. The molecule has 0 aliphatic carbocycles. The van der Waals surface area contributed by atoms with Crippen LogP contribution in [0.25, 0.3) is 11.1 Å². The van der Waals surface area contributed by atoms with E-state index in [1.165, 1.54) is 0 Å². The zero-order valence-electron chi connectivity index (χ0n) is 19.5. The molecule has 33 heavy (non-hydrogen) atoms. The van der Waals surface area contributed by atoms with Crippen LogP contribution in [0.5, 0.6) is 5.75 Å². The molecule has 1 fully saturated rings. The molecule has 1 saturated heterocycles. The molecule has 1 aliphatic heterocycles. The van der Waals surface area contributed by atoms with E-state index in [0.29, 0.717) is 12.5 Å². The first-order valence-corrected chi connectivity index (χ1v) is 11.3. The first kappa shape index (κ1) is 22.7. The topological polar surface area (TPSA) is 70.6 Å². The van der Waals surface area contributed by atoms with Gasteiger partial charge in [0.2, 0.25) is 11.9 Å². The number of piperidine rings is 1. The molecule has 1 amide bonds. The van der Waals surface area contributed by atoms with Crippen LogP contribution >= 0.6 is 0 Å². The van der Waals surface area contributed by atoms with Crippen molar-refractivity contribution in [2.75, 3.05) is 51.1 Å².